The van der Waals surface area contributed by atoms with Gasteiger partial charge in [0.15, 0.2) is 15.1 Å². The number of hydrogen-bond donors (Lipinski definition) is 0. The molecule has 0 aromatic rings. The maximum Gasteiger partial charge on any atom is 0.324 e. The smallest absolute Gasteiger partial charge is 0.324 e. The van der Waals surface area contributed by atoms with Crippen LogP contribution in [0.4, 0.5) is 0 Å². The zero-order valence-corrected chi connectivity index (χ0v) is 10.4. The largest absolute Gasteiger partial charge is 0.465 e. The van der Waals surface area contributed by atoms with E-state index in [9.17, 15) is 13.2 Å². The molecule has 1 atom stereocenters. The second kappa shape index (κ2) is 7.23. The average molecular weight is 247 g/mol. The predicted molar refractivity (Wildman–Crippen MR) is 59.3 cm³/mol. The Hall–Kier alpha value is -1.09. The van der Waals surface area contributed by atoms with E-state index < -0.39 is 21.1 Å². The number of ether oxygens (including phenoxy) is 1. The van der Waals surface area contributed by atoms with Gasteiger partial charge < -0.3 is 4.74 Å². The first kappa shape index (κ1) is 14.9. The van der Waals surface area contributed by atoms with E-state index in [0.717, 1.165) is 0 Å². The number of hydrogen-bond acceptors (Lipinski definition) is 5. The number of nitriles is 1. The van der Waals surface area contributed by atoms with Crippen molar-refractivity contribution in [3.8, 4) is 6.07 Å². The second-order valence-electron chi connectivity index (χ2n) is 3.44. The molecular formula is C10H17NO4S. The van der Waals surface area contributed by atoms with Gasteiger partial charge in [0.25, 0.3) is 0 Å². The molecule has 1 unspecified atom stereocenters. The van der Waals surface area contributed by atoms with Crippen LogP contribution in [0.5, 0.6) is 0 Å². The van der Waals surface area contributed by atoms with Crippen LogP contribution in [-0.2, 0) is 19.4 Å². The number of rotatable bonds is 7. The van der Waals surface area contributed by atoms with Crippen molar-refractivity contribution in [1.82, 2.24) is 0 Å². The summed E-state index contributed by atoms with van der Waals surface area (Å²) < 4.78 is 28.0. The van der Waals surface area contributed by atoms with Crippen molar-refractivity contribution in [2.24, 2.45) is 0 Å². The van der Waals surface area contributed by atoms with E-state index in [1.807, 2.05) is 13.0 Å². The van der Waals surface area contributed by atoms with Crippen LogP contribution in [0.15, 0.2) is 0 Å². The molecule has 0 amide bonds. The fourth-order valence-electron chi connectivity index (χ4n) is 0.996. The number of sulfone groups is 1. The minimum absolute atomic E-state index is 0.150. The van der Waals surface area contributed by atoms with E-state index >= 15 is 0 Å². The molecule has 6 heteroatoms. The van der Waals surface area contributed by atoms with Gasteiger partial charge in [-0.3, -0.25) is 4.79 Å². The molecule has 0 aromatic heterocycles. The number of unbranched alkanes of at least 4 members (excludes halogenated alkanes) is 1. The van der Waals surface area contributed by atoms with E-state index in [-0.39, 0.29) is 25.2 Å². The second-order valence-corrected chi connectivity index (χ2v) is 5.88. The van der Waals surface area contributed by atoms with Crippen molar-refractivity contribution in [2.75, 3.05) is 12.4 Å². The molecule has 0 bridgehead atoms. The van der Waals surface area contributed by atoms with Gasteiger partial charge in [-0.25, -0.2) is 8.42 Å². The third-order valence-corrected chi connectivity index (χ3v) is 4.16. The first-order chi connectivity index (χ1) is 7.45. The van der Waals surface area contributed by atoms with E-state index in [4.69, 9.17) is 10.00 Å². The summed E-state index contributed by atoms with van der Waals surface area (Å²) in [7, 11) is -3.49. The molecule has 0 aliphatic heterocycles. The molecule has 0 aromatic carbocycles. The fraction of sp³-hybridized carbons (Fsp3) is 0.800. The Kier molecular flexibility index (Phi) is 6.74. The van der Waals surface area contributed by atoms with Gasteiger partial charge in [-0.15, -0.1) is 0 Å². The zero-order chi connectivity index (χ0) is 12.6. The maximum absolute atomic E-state index is 11.6. The lowest BCUT2D eigenvalue weighted by Crippen LogP contribution is -2.31. The van der Waals surface area contributed by atoms with E-state index in [1.54, 1.807) is 0 Å². The van der Waals surface area contributed by atoms with Crippen LogP contribution in [0.1, 0.15) is 33.1 Å². The molecule has 0 aliphatic carbocycles. The Morgan fingerprint density at radius 2 is 2.12 bits per heavy atom. The highest BCUT2D eigenvalue weighted by molar-refractivity contribution is 7.92. The Bertz CT molecular complexity index is 356. The number of esters is 1. The Morgan fingerprint density at radius 3 is 2.62 bits per heavy atom. The van der Waals surface area contributed by atoms with Crippen molar-refractivity contribution < 1.29 is 17.9 Å². The van der Waals surface area contributed by atoms with Crippen molar-refractivity contribution in [1.29, 1.82) is 5.26 Å². The summed E-state index contributed by atoms with van der Waals surface area (Å²) in [5, 5.41) is 7.15. The molecule has 16 heavy (non-hydrogen) atoms. The van der Waals surface area contributed by atoms with Crippen molar-refractivity contribution in [3.05, 3.63) is 0 Å². The highest BCUT2D eigenvalue weighted by atomic mass is 32.2. The van der Waals surface area contributed by atoms with Gasteiger partial charge in [0, 0.05) is 6.42 Å². The summed E-state index contributed by atoms with van der Waals surface area (Å²) in [5.41, 5.74) is 0. The molecule has 0 heterocycles. The molecule has 0 N–H and O–H groups in total. The SMILES string of the molecule is CCCOC(=O)C(C)S(=O)(=O)CCCC#N. The first-order valence-electron chi connectivity index (χ1n) is 5.20. The summed E-state index contributed by atoms with van der Waals surface area (Å²) in [5.74, 6) is -0.859. The third-order valence-electron chi connectivity index (χ3n) is 2.04. The van der Waals surface area contributed by atoms with Gasteiger partial charge in [0.1, 0.15) is 0 Å². The van der Waals surface area contributed by atoms with Crippen LogP contribution < -0.4 is 0 Å². The van der Waals surface area contributed by atoms with Crippen LogP contribution in [0.2, 0.25) is 0 Å². The van der Waals surface area contributed by atoms with E-state index in [0.29, 0.717) is 6.42 Å². The van der Waals surface area contributed by atoms with Gasteiger partial charge in [-0.05, 0) is 19.8 Å². The van der Waals surface area contributed by atoms with Gasteiger partial charge in [0.05, 0.1) is 18.4 Å². The fourth-order valence-corrected chi connectivity index (χ4v) is 2.26. The quantitative estimate of drug-likeness (QED) is 0.496. The Labute approximate surface area is 96.3 Å². The predicted octanol–water partition coefficient (Wildman–Crippen LogP) is 1.05. The maximum atomic E-state index is 11.6. The van der Waals surface area contributed by atoms with Crippen molar-refractivity contribution >= 4 is 15.8 Å². The molecule has 92 valence electrons. The van der Waals surface area contributed by atoms with E-state index in [1.165, 1.54) is 6.92 Å². The van der Waals surface area contributed by atoms with Crippen molar-refractivity contribution in [3.63, 3.8) is 0 Å². The van der Waals surface area contributed by atoms with Crippen LogP contribution in [-0.4, -0.2) is 32.0 Å². The molecule has 0 spiro atoms. The monoisotopic (exact) mass is 247 g/mol. The lowest BCUT2D eigenvalue weighted by molar-refractivity contribution is -0.142. The van der Waals surface area contributed by atoms with Crippen LogP contribution >= 0.6 is 0 Å². The standard InChI is InChI=1S/C10H17NO4S/c1-3-7-15-10(12)9(2)16(13,14)8-5-4-6-11/h9H,3-5,7-8H2,1-2H3. The molecule has 5 nitrogen and oxygen atoms in total. The number of carbonyl (C=O) groups excluding carboxylic acids is 1. The summed E-state index contributed by atoms with van der Waals surface area (Å²) >= 11 is 0. The minimum atomic E-state index is -3.49. The lowest BCUT2D eigenvalue weighted by Gasteiger charge is -2.11. The lowest BCUT2D eigenvalue weighted by atomic mass is 10.4. The minimum Gasteiger partial charge on any atom is -0.465 e. The Balaban J connectivity index is 4.29. The summed E-state index contributed by atoms with van der Waals surface area (Å²) in [4.78, 5) is 11.3. The van der Waals surface area contributed by atoms with Crippen molar-refractivity contribution in [2.45, 2.75) is 38.4 Å². The van der Waals surface area contributed by atoms with Gasteiger partial charge >= 0.3 is 5.97 Å². The molecule has 0 aliphatic rings. The third kappa shape index (κ3) is 5.12. The number of carbonyl (C=O) groups is 1. The molecular weight excluding hydrogens is 230 g/mol. The van der Waals surface area contributed by atoms with Crippen LogP contribution in [0.25, 0.3) is 0 Å². The highest BCUT2D eigenvalue weighted by Gasteiger charge is 2.28. The molecule has 0 fully saturated rings. The zero-order valence-electron chi connectivity index (χ0n) is 9.60. The average Bonchev–Trinajstić information content (AvgIpc) is 2.25. The van der Waals surface area contributed by atoms with Gasteiger partial charge in [-0.2, -0.15) is 5.26 Å². The van der Waals surface area contributed by atoms with Gasteiger partial charge in [0.2, 0.25) is 0 Å². The number of nitrogens with zero attached hydrogens (tertiary/aromatic N) is 1. The summed E-state index contributed by atoms with van der Waals surface area (Å²) in [6.07, 6.45) is 1.09. The molecule has 0 saturated carbocycles. The van der Waals surface area contributed by atoms with Crippen LogP contribution in [0.3, 0.4) is 0 Å². The summed E-state index contributed by atoms with van der Waals surface area (Å²) in [6.45, 7) is 3.38. The molecule has 0 saturated heterocycles. The summed E-state index contributed by atoms with van der Waals surface area (Å²) in [6, 6.07) is 1.86. The molecule has 0 rings (SSSR count). The Morgan fingerprint density at radius 1 is 1.50 bits per heavy atom. The topological polar surface area (TPSA) is 84.2 Å². The first-order valence-corrected chi connectivity index (χ1v) is 6.92. The normalized spacial score (nSPS) is 12.8. The highest BCUT2D eigenvalue weighted by Crippen LogP contribution is 2.07. The molecule has 0 radical (unpaired) electrons. The van der Waals surface area contributed by atoms with Crippen LogP contribution in [0, 0.1) is 11.3 Å². The van der Waals surface area contributed by atoms with Gasteiger partial charge in [-0.1, -0.05) is 6.92 Å². The van der Waals surface area contributed by atoms with E-state index in [2.05, 4.69) is 0 Å².